The topological polar surface area (TPSA) is 47.6 Å². The van der Waals surface area contributed by atoms with E-state index in [4.69, 9.17) is 9.47 Å². The average Bonchev–Trinajstić information content (AvgIpc) is 2.71. The highest BCUT2D eigenvalue weighted by Gasteiger charge is 2.05. The molecule has 1 amide bonds. The lowest BCUT2D eigenvalue weighted by Crippen LogP contribution is -2.26. The third kappa shape index (κ3) is 7.95. The van der Waals surface area contributed by atoms with E-state index in [1.165, 1.54) is 11.1 Å². The van der Waals surface area contributed by atoms with Crippen molar-refractivity contribution in [1.82, 2.24) is 5.32 Å². The van der Waals surface area contributed by atoms with Crippen LogP contribution in [-0.4, -0.2) is 31.9 Å². The van der Waals surface area contributed by atoms with Gasteiger partial charge in [-0.2, -0.15) is 0 Å². The lowest BCUT2D eigenvalue weighted by atomic mass is 10.1. The van der Waals surface area contributed by atoms with Gasteiger partial charge in [-0.15, -0.1) is 11.8 Å². The zero-order chi connectivity index (χ0) is 19.3. The summed E-state index contributed by atoms with van der Waals surface area (Å²) < 4.78 is 10.9. The molecule has 0 unspecified atom stereocenters. The highest BCUT2D eigenvalue weighted by Crippen LogP contribution is 2.20. The number of rotatable bonds is 12. The van der Waals surface area contributed by atoms with E-state index in [1.54, 1.807) is 18.9 Å². The maximum absolute atomic E-state index is 12.0. The molecule has 0 spiro atoms. The lowest BCUT2D eigenvalue weighted by molar-refractivity contribution is -0.118. The predicted octanol–water partition coefficient (Wildman–Crippen LogP) is 4.47. The monoisotopic (exact) mass is 387 g/mol. The minimum absolute atomic E-state index is 0.0871. The molecule has 2 aromatic carbocycles. The number of thioether (sulfide) groups is 1. The van der Waals surface area contributed by atoms with Gasteiger partial charge in [-0.05, 0) is 48.6 Å². The van der Waals surface area contributed by atoms with E-state index in [1.807, 2.05) is 42.5 Å². The van der Waals surface area contributed by atoms with Gasteiger partial charge in [0, 0.05) is 12.3 Å². The normalized spacial score (nSPS) is 10.4. The Morgan fingerprint density at radius 3 is 2.63 bits per heavy atom. The van der Waals surface area contributed by atoms with Crippen molar-refractivity contribution >= 4 is 17.7 Å². The van der Waals surface area contributed by atoms with Gasteiger partial charge in [0.2, 0.25) is 5.91 Å². The van der Waals surface area contributed by atoms with E-state index in [9.17, 15) is 4.79 Å². The van der Waals surface area contributed by atoms with Crippen molar-refractivity contribution < 1.29 is 14.3 Å². The third-order valence-electron chi connectivity index (χ3n) is 4.04. The zero-order valence-corrected chi connectivity index (χ0v) is 17.0. The first-order chi connectivity index (χ1) is 13.2. The summed E-state index contributed by atoms with van der Waals surface area (Å²) in [5.41, 5.74) is 2.39. The molecule has 0 saturated heterocycles. The number of benzene rings is 2. The molecular weight excluding hydrogens is 358 g/mol. The van der Waals surface area contributed by atoms with Crippen LogP contribution in [0.1, 0.15) is 30.9 Å². The number of carbonyl (C=O) groups is 1. The zero-order valence-electron chi connectivity index (χ0n) is 16.2. The molecule has 1 N–H and O–H groups in total. The smallest absolute Gasteiger partial charge is 0.230 e. The molecular formula is C22H29NO3S. The van der Waals surface area contributed by atoms with Crippen molar-refractivity contribution in [3.8, 4) is 11.5 Å². The number of aryl methyl sites for hydroxylation is 1. The summed E-state index contributed by atoms with van der Waals surface area (Å²) >= 11 is 1.62. The molecule has 0 aliphatic rings. The molecule has 0 aliphatic heterocycles. The van der Waals surface area contributed by atoms with Gasteiger partial charge in [0.15, 0.2) is 0 Å². The number of para-hydroxylation sites is 1. The summed E-state index contributed by atoms with van der Waals surface area (Å²) in [5, 5.41) is 3.00. The number of ether oxygens (including phenoxy) is 2. The molecule has 4 nitrogen and oxygen atoms in total. The Balaban J connectivity index is 1.62. The fourth-order valence-corrected chi connectivity index (χ4v) is 3.42. The summed E-state index contributed by atoms with van der Waals surface area (Å²) in [6.07, 6.45) is 2.80. The van der Waals surface area contributed by atoms with Crippen LogP contribution in [0.15, 0.2) is 48.5 Å². The fraction of sp³-hybridized carbons (Fsp3) is 0.409. The Morgan fingerprint density at radius 1 is 1.11 bits per heavy atom. The van der Waals surface area contributed by atoms with Gasteiger partial charge < -0.3 is 14.8 Å². The van der Waals surface area contributed by atoms with Crippen LogP contribution in [0.25, 0.3) is 0 Å². The Hall–Kier alpha value is -2.14. The van der Waals surface area contributed by atoms with Crippen LogP contribution < -0.4 is 14.8 Å². The molecule has 146 valence electrons. The first-order valence-corrected chi connectivity index (χ1v) is 10.6. The highest BCUT2D eigenvalue weighted by molar-refractivity contribution is 7.99. The van der Waals surface area contributed by atoms with Gasteiger partial charge in [-0.3, -0.25) is 4.79 Å². The van der Waals surface area contributed by atoms with Crippen molar-refractivity contribution in [3.05, 3.63) is 59.7 Å². The van der Waals surface area contributed by atoms with Gasteiger partial charge >= 0.3 is 0 Å². The summed E-state index contributed by atoms with van der Waals surface area (Å²) in [6.45, 7) is 3.52. The number of hydrogen-bond acceptors (Lipinski definition) is 4. The second-order valence-corrected chi connectivity index (χ2v) is 7.24. The maximum Gasteiger partial charge on any atom is 0.230 e. The molecule has 0 bridgehead atoms. The molecule has 0 radical (unpaired) electrons. The van der Waals surface area contributed by atoms with Crippen LogP contribution in [0.3, 0.4) is 0 Å². The lowest BCUT2D eigenvalue weighted by Gasteiger charge is -2.11. The maximum atomic E-state index is 12.0. The molecule has 2 aromatic rings. The molecule has 0 heterocycles. The van der Waals surface area contributed by atoms with E-state index in [0.29, 0.717) is 12.3 Å². The van der Waals surface area contributed by atoms with Gasteiger partial charge in [0.05, 0.1) is 19.5 Å². The predicted molar refractivity (Wildman–Crippen MR) is 113 cm³/mol. The van der Waals surface area contributed by atoms with Gasteiger partial charge in [0.1, 0.15) is 11.5 Å². The van der Waals surface area contributed by atoms with Crippen LogP contribution in [0.2, 0.25) is 0 Å². The molecule has 5 heteroatoms. The third-order valence-corrected chi connectivity index (χ3v) is 5.04. The minimum atomic E-state index is 0.0871. The largest absolute Gasteiger partial charge is 0.497 e. The van der Waals surface area contributed by atoms with E-state index >= 15 is 0 Å². The Labute approximate surface area is 166 Å². The van der Waals surface area contributed by atoms with Crippen molar-refractivity contribution in [2.24, 2.45) is 0 Å². The summed E-state index contributed by atoms with van der Waals surface area (Å²) in [6, 6.07) is 16.1. The molecule has 0 aromatic heterocycles. The second-order valence-electron chi connectivity index (χ2n) is 6.25. The Bertz CT molecular complexity index is 688. The van der Waals surface area contributed by atoms with Gasteiger partial charge in [0.25, 0.3) is 0 Å². The standard InChI is InChI=1S/C22H29NO3S/c1-3-15-26-21-9-5-4-7-19(21)8-6-14-23-22(24)17-27-16-18-10-12-20(25-2)13-11-18/h4-5,7,9-13H,3,6,8,14-17H2,1-2H3,(H,23,24). The molecule has 2 rings (SSSR count). The van der Waals surface area contributed by atoms with E-state index in [2.05, 4.69) is 18.3 Å². The van der Waals surface area contributed by atoms with Crippen molar-refractivity contribution in [3.63, 3.8) is 0 Å². The van der Waals surface area contributed by atoms with Crippen molar-refractivity contribution in [2.75, 3.05) is 26.0 Å². The second kappa shape index (κ2) is 12.3. The van der Waals surface area contributed by atoms with Gasteiger partial charge in [-0.1, -0.05) is 37.3 Å². The molecule has 0 aliphatic carbocycles. The van der Waals surface area contributed by atoms with Crippen LogP contribution in [0, 0.1) is 0 Å². The summed E-state index contributed by atoms with van der Waals surface area (Å²) in [5.74, 6) is 3.19. The Kier molecular flexibility index (Phi) is 9.63. The first kappa shape index (κ1) is 21.2. The van der Waals surface area contributed by atoms with Crippen LogP contribution in [0.4, 0.5) is 0 Å². The van der Waals surface area contributed by atoms with Crippen molar-refractivity contribution in [1.29, 1.82) is 0 Å². The first-order valence-electron chi connectivity index (χ1n) is 9.41. The molecule has 0 atom stereocenters. The number of carbonyl (C=O) groups excluding carboxylic acids is 1. The SMILES string of the molecule is CCCOc1ccccc1CCCNC(=O)CSCc1ccc(OC)cc1. The minimum Gasteiger partial charge on any atom is -0.497 e. The number of nitrogens with one attached hydrogen (secondary N) is 1. The highest BCUT2D eigenvalue weighted by atomic mass is 32.2. The summed E-state index contributed by atoms with van der Waals surface area (Å²) in [7, 11) is 1.66. The molecule has 27 heavy (non-hydrogen) atoms. The molecule has 0 saturated carbocycles. The van der Waals surface area contributed by atoms with E-state index < -0.39 is 0 Å². The van der Waals surface area contributed by atoms with Crippen LogP contribution >= 0.6 is 11.8 Å². The van der Waals surface area contributed by atoms with Crippen LogP contribution in [-0.2, 0) is 17.0 Å². The van der Waals surface area contributed by atoms with Gasteiger partial charge in [-0.25, -0.2) is 0 Å². The quantitative estimate of drug-likeness (QED) is 0.546. The number of amides is 1. The van der Waals surface area contributed by atoms with E-state index in [-0.39, 0.29) is 5.91 Å². The van der Waals surface area contributed by atoms with Crippen molar-refractivity contribution in [2.45, 2.75) is 31.9 Å². The van der Waals surface area contributed by atoms with Crippen LogP contribution in [0.5, 0.6) is 11.5 Å². The number of methoxy groups -OCH3 is 1. The average molecular weight is 388 g/mol. The summed E-state index contributed by atoms with van der Waals surface area (Å²) in [4.78, 5) is 12.0. The Morgan fingerprint density at radius 2 is 1.89 bits per heavy atom. The number of hydrogen-bond donors (Lipinski definition) is 1. The molecule has 0 fully saturated rings. The fourth-order valence-electron chi connectivity index (χ4n) is 2.60. The van der Waals surface area contributed by atoms with E-state index in [0.717, 1.165) is 43.1 Å².